The van der Waals surface area contributed by atoms with E-state index in [2.05, 4.69) is 4.84 Å². The van der Waals surface area contributed by atoms with Gasteiger partial charge in [-0.25, -0.2) is 5.90 Å². The second-order valence-electron chi connectivity index (χ2n) is 3.59. The van der Waals surface area contributed by atoms with Gasteiger partial charge in [0, 0.05) is 18.6 Å². The van der Waals surface area contributed by atoms with Crippen molar-refractivity contribution in [3.05, 3.63) is 32.7 Å². The van der Waals surface area contributed by atoms with Crippen LogP contribution < -0.4 is 15.4 Å². The summed E-state index contributed by atoms with van der Waals surface area (Å²) in [6.07, 6.45) is 2.13. The molecule has 0 spiro atoms. The third-order valence-electron chi connectivity index (χ3n) is 2.11. The maximum atomic E-state index is 6.08. The number of benzene rings is 1. The fraction of sp³-hybridized carbons (Fsp3) is 0.333. The lowest BCUT2D eigenvalue weighted by molar-refractivity contribution is 0.122. The smallest absolute Gasteiger partial charge is 0.156 e. The van der Waals surface area contributed by atoms with Crippen molar-refractivity contribution in [2.24, 2.45) is 5.90 Å². The van der Waals surface area contributed by atoms with E-state index in [1.54, 1.807) is 12.1 Å². The maximum absolute atomic E-state index is 6.08. The molecular formula is C12H14Cl5NO3. The van der Waals surface area contributed by atoms with E-state index in [9.17, 15) is 0 Å². The predicted molar refractivity (Wildman–Crippen MR) is 89.2 cm³/mol. The van der Waals surface area contributed by atoms with Gasteiger partial charge in [-0.05, 0) is 6.08 Å². The number of halogens is 5. The molecule has 1 aromatic carbocycles. The number of ether oxygens (including phenoxy) is 2. The Bertz CT molecular complexity index is 443. The highest BCUT2D eigenvalue weighted by atomic mass is 35.5. The zero-order valence-corrected chi connectivity index (χ0v) is 14.6. The summed E-state index contributed by atoms with van der Waals surface area (Å²) >= 11 is 23.1. The van der Waals surface area contributed by atoms with Gasteiger partial charge in [-0.3, -0.25) is 0 Å². The van der Waals surface area contributed by atoms with Crippen molar-refractivity contribution in [2.45, 2.75) is 6.42 Å². The van der Waals surface area contributed by atoms with Crippen LogP contribution in [0.5, 0.6) is 11.5 Å². The van der Waals surface area contributed by atoms with Crippen molar-refractivity contribution >= 4 is 58.8 Å². The van der Waals surface area contributed by atoms with E-state index in [-0.39, 0.29) is 23.5 Å². The van der Waals surface area contributed by atoms with E-state index in [1.165, 1.54) is 6.08 Å². The zero-order chi connectivity index (χ0) is 15.0. The molecule has 2 N–H and O–H groups in total. The molecule has 0 aliphatic carbocycles. The molecule has 120 valence electrons. The average Bonchev–Trinajstić information content (AvgIpc) is 2.36. The van der Waals surface area contributed by atoms with E-state index in [1.807, 2.05) is 0 Å². The molecule has 0 aliphatic heterocycles. The standard InChI is InChI=1S/C12H13Cl4NO3.ClH/c13-9-6-8(18-5-2-11(15)16)7-10(14)12(9)19-3-1-4-20-17;/h2,6-7H,1,3-5,17H2;1H. The van der Waals surface area contributed by atoms with E-state index in [0.717, 1.165) is 0 Å². The highest BCUT2D eigenvalue weighted by Crippen LogP contribution is 2.37. The second kappa shape index (κ2) is 11.5. The van der Waals surface area contributed by atoms with Crippen LogP contribution in [0.25, 0.3) is 0 Å². The third-order valence-corrected chi connectivity index (χ3v) is 2.98. The van der Waals surface area contributed by atoms with Gasteiger partial charge in [0.2, 0.25) is 0 Å². The Hall–Kier alpha value is -0.0700. The fourth-order valence-electron chi connectivity index (χ4n) is 1.28. The van der Waals surface area contributed by atoms with Crippen LogP contribution >= 0.6 is 58.8 Å². The van der Waals surface area contributed by atoms with E-state index in [0.29, 0.717) is 41.2 Å². The molecule has 0 aliphatic rings. The first kappa shape index (κ1) is 20.9. The second-order valence-corrected chi connectivity index (χ2v) is 5.42. The van der Waals surface area contributed by atoms with Crippen LogP contribution in [0.4, 0.5) is 0 Å². The van der Waals surface area contributed by atoms with Gasteiger partial charge in [-0.2, -0.15) is 0 Å². The number of nitrogens with two attached hydrogens (primary N) is 1. The summed E-state index contributed by atoms with van der Waals surface area (Å²) in [5.41, 5.74) is 0. The topological polar surface area (TPSA) is 53.7 Å². The Balaban J connectivity index is 0.00000400. The minimum absolute atomic E-state index is 0. The molecule has 0 aromatic heterocycles. The van der Waals surface area contributed by atoms with Crippen LogP contribution in [0.15, 0.2) is 22.7 Å². The lowest BCUT2D eigenvalue weighted by Gasteiger charge is -2.12. The first-order valence-corrected chi connectivity index (χ1v) is 7.13. The van der Waals surface area contributed by atoms with Gasteiger partial charge < -0.3 is 14.3 Å². The molecule has 0 atom stereocenters. The summed E-state index contributed by atoms with van der Waals surface area (Å²) in [5, 5.41) is 0.698. The average molecular weight is 398 g/mol. The van der Waals surface area contributed by atoms with E-state index >= 15 is 0 Å². The molecule has 0 radical (unpaired) electrons. The molecule has 0 amide bonds. The highest BCUT2D eigenvalue weighted by Gasteiger charge is 2.10. The maximum Gasteiger partial charge on any atom is 0.156 e. The van der Waals surface area contributed by atoms with Crippen molar-refractivity contribution < 1.29 is 14.3 Å². The Morgan fingerprint density at radius 3 is 2.24 bits per heavy atom. The van der Waals surface area contributed by atoms with Crippen molar-refractivity contribution in [2.75, 3.05) is 19.8 Å². The van der Waals surface area contributed by atoms with Gasteiger partial charge in [-0.15, -0.1) is 12.4 Å². The molecule has 4 nitrogen and oxygen atoms in total. The van der Waals surface area contributed by atoms with E-state index in [4.69, 9.17) is 61.8 Å². The number of rotatable bonds is 8. The molecule has 0 heterocycles. The third kappa shape index (κ3) is 8.21. The molecule has 0 saturated carbocycles. The quantitative estimate of drug-likeness (QED) is 0.507. The summed E-state index contributed by atoms with van der Waals surface area (Å²) < 4.78 is 11.0. The normalized spacial score (nSPS) is 9.76. The highest BCUT2D eigenvalue weighted by molar-refractivity contribution is 6.55. The minimum atomic E-state index is 0. The molecule has 1 rings (SSSR count). The summed E-state index contributed by atoms with van der Waals surface area (Å²) in [7, 11) is 0. The van der Waals surface area contributed by atoms with Crippen molar-refractivity contribution in [3.63, 3.8) is 0 Å². The minimum Gasteiger partial charge on any atom is -0.490 e. The molecular weight excluding hydrogens is 383 g/mol. The Labute approximate surface area is 149 Å². The van der Waals surface area contributed by atoms with Gasteiger partial charge in [0.15, 0.2) is 5.75 Å². The van der Waals surface area contributed by atoms with Crippen LogP contribution in [-0.4, -0.2) is 19.8 Å². The number of hydrogen-bond acceptors (Lipinski definition) is 4. The molecule has 9 heteroatoms. The predicted octanol–water partition coefficient (Wildman–Crippen LogP) is 4.77. The molecule has 0 saturated heterocycles. The van der Waals surface area contributed by atoms with E-state index < -0.39 is 0 Å². The van der Waals surface area contributed by atoms with Crippen LogP contribution in [0.1, 0.15) is 6.42 Å². The fourth-order valence-corrected chi connectivity index (χ4v) is 1.98. The van der Waals surface area contributed by atoms with Gasteiger partial charge in [-0.1, -0.05) is 46.4 Å². The molecule has 1 aromatic rings. The summed E-state index contributed by atoms with van der Waals surface area (Å²) in [6, 6.07) is 3.19. The molecule has 0 fully saturated rings. The van der Waals surface area contributed by atoms with Gasteiger partial charge in [0.05, 0.1) is 23.3 Å². The number of hydrogen-bond donors (Lipinski definition) is 1. The largest absolute Gasteiger partial charge is 0.490 e. The monoisotopic (exact) mass is 395 g/mol. The lowest BCUT2D eigenvalue weighted by atomic mass is 10.3. The SMILES string of the molecule is Cl.NOCCCOc1c(Cl)cc(OCC=C(Cl)Cl)cc1Cl. The van der Waals surface area contributed by atoms with Crippen LogP contribution in [0.3, 0.4) is 0 Å². The lowest BCUT2D eigenvalue weighted by Crippen LogP contribution is -2.06. The van der Waals surface area contributed by atoms with Crippen molar-refractivity contribution in [1.82, 2.24) is 0 Å². The Morgan fingerprint density at radius 1 is 1.10 bits per heavy atom. The van der Waals surface area contributed by atoms with Gasteiger partial charge >= 0.3 is 0 Å². The summed E-state index contributed by atoms with van der Waals surface area (Å²) in [6.45, 7) is 0.992. The Kier molecular flexibility index (Phi) is 11.5. The van der Waals surface area contributed by atoms with Gasteiger partial charge in [0.1, 0.15) is 16.8 Å². The van der Waals surface area contributed by atoms with Crippen LogP contribution in [0.2, 0.25) is 10.0 Å². The molecule has 0 unspecified atom stereocenters. The molecule has 21 heavy (non-hydrogen) atoms. The van der Waals surface area contributed by atoms with Gasteiger partial charge in [0.25, 0.3) is 0 Å². The first-order valence-electron chi connectivity index (χ1n) is 5.62. The van der Waals surface area contributed by atoms with Crippen molar-refractivity contribution in [1.29, 1.82) is 0 Å². The Morgan fingerprint density at radius 2 is 1.71 bits per heavy atom. The summed E-state index contributed by atoms with van der Waals surface area (Å²) in [5.74, 6) is 5.79. The first-order chi connectivity index (χ1) is 9.54. The van der Waals surface area contributed by atoms with Crippen LogP contribution in [-0.2, 0) is 4.84 Å². The van der Waals surface area contributed by atoms with Crippen molar-refractivity contribution in [3.8, 4) is 11.5 Å². The van der Waals surface area contributed by atoms with Crippen LogP contribution in [0, 0.1) is 0 Å². The molecule has 0 bridgehead atoms. The summed E-state index contributed by atoms with van der Waals surface area (Å²) in [4.78, 5) is 4.43. The zero-order valence-electron chi connectivity index (χ0n) is 10.8.